The van der Waals surface area contributed by atoms with Crippen LogP contribution in [0.15, 0.2) is 23.4 Å². The fourth-order valence-corrected chi connectivity index (χ4v) is 5.43. The Morgan fingerprint density at radius 1 is 1.44 bits per heavy atom. The molecule has 6 heteroatoms. The number of ether oxygens (including phenoxy) is 1. The number of hydrogen-bond acceptors (Lipinski definition) is 5. The Morgan fingerprint density at radius 2 is 2.22 bits per heavy atom. The molecular formula is C21H28N2O4. The maximum Gasteiger partial charge on any atom is 0.332 e. The van der Waals surface area contributed by atoms with Gasteiger partial charge in [0.15, 0.2) is 6.04 Å². The van der Waals surface area contributed by atoms with Gasteiger partial charge in [0.05, 0.1) is 7.11 Å². The van der Waals surface area contributed by atoms with E-state index >= 15 is 0 Å². The number of carboxylic acid groups (broad SMARTS) is 1. The topological polar surface area (TPSA) is 79.2 Å². The smallest absolute Gasteiger partial charge is 0.332 e. The first-order chi connectivity index (χ1) is 13.0. The molecule has 0 amide bonds. The average Bonchev–Trinajstić information content (AvgIpc) is 3.47. The highest BCUT2D eigenvalue weighted by atomic mass is 16.5. The van der Waals surface area contributed by atoms with Gasteiger partial charge in [0.1, 0.15) is 5.75 Å². The summed E-state index contributed by atoms with van der Waals surface area (Å²) in [5.74, 6) is 0.752. The first-order valence-corrected chi connectivity index (χ1v) is 9.95. The molecule has 146 valence electrons. The van der Waals surface area contributed by atoms with Crippen molar-refractivity contribution in [3.05, 3.63) is 34.2 Å². The highest BCUT2D eigenvalue weighted by molar-refractivity contribution is 5.74. The molecule has 1 aromatic carbocycles. The molecule has 1 aliphatic heterocycles. The van der Waals surface area contributed by atoms with Crippen molar-refractivity contribution in [2.75, 3.05) is 20.2 Å². The predicted octanol–water partition coefficient (Wildman–Crippen LogP) is 3.22. The van der Waals surface area contributed by atoms with Crippen molar-refractivity contribution in [3.63, 3.8) is 0 Å². The Hall–Kier alpha value is -1.95. The summed E-state index contributed by atoms with van der Waals surface area (Å²) >= 11 is 0. The Bertz CT molecular complexity index is 748. The van der Waals surface area contributed by atoms with Crippen LogP contribution in [-0.4, -0.2) is 48.3 Å². The number of nitroso groups, excluding NO2 is 1. The third-order valence-electron chi connectivity index (χ3n) is 7.20. The second-order valence-electron chi connectivity index (χ2n) is 8.59. The van der Waals surface area contributed by atoms with Crippen LogP contribution in [0.2, 0.25) is 0 Å². The minimum Gasteiger partial charge on any atom is -0.497 e. The molecular weight excluding hydrogens is 344 g/mol. The van der Waals surface area contributed by atoms with Gasteiger partial charge in [0, 0.05) is 18.0 Å². The summed E-state index contributed by atoms with van der Waals surface area (Å²) < 4.78 is 5.45. The number of piperidine rings is 1. The summed E-state index contributed by atoms with van der Waals surface area (Å²) in [4.78, 5) is 25.5. The van der Waals surface area contributed by atoms with Gasteiger partial charge in [-0.25, -0.2) is 4.79 Å². The van der Waals surface area contributed by atoms with Crippen molar-refractivity contribution >= 4 is 5.97 Å². The Kier molecular flexibility index (Phi) is 4.70. The van der Waals surface area contributed by atoms with Crippen LogP contribution in [0.3, 0.4) is 0 Å². The normalized spacial score (nSPS) is 31.0. The molecule has 2 aliphatic carbocycles. The largest absolute Gasteiger partial charge is 0.497 e. The molecule has 2 bridgehead atoms. The van der Waals surface area contributed by atoms with E-state index in [1.807, 2.05) is 6.07 Å². The zero-order chi connectivity index (χ0) is 19.2. The summed E-state index contributed by atoms with van der Waals surface area (Å²) in [7, 11) is 1.65. The van der Waals surface area contributed by atoms with Crippen molar-refractivity contribution < 1.29 is 14.6 Å². The fourth-order valence-electron chi connectivity index (χ4n) is 5.43. The number of methoxy groups -OCH3 is 1. The van der Waals surface area contributed by atoms with Gasteiger partial charge < -0.3 is 9.84 Å². The number of nitrogens with zero attached hydrogens (tertiary/aromatic N) is 2. The van der Waals surface area contributed by atoms with Gasteiger partial charge in [0.2, 0.25) is 0 Å². The number of carboxylic acids is 1. The van der Waals surface area contributed by atoms with Crippen LogP contribution in [0, 0.1) is 16.7 Å². The summed E-state index contributed by atoms with van der Waals surface area (Å²) in [5, 5.41) is 12.4. The molecule has 1 aromatic rings. The zero-order valence-electron chi connectivity index (χ0n) is 16.1. The van der Waals surface area contributed by atoms with Gasteiger partial charge >= 0.3 is 5.97 Å². The number of hydrogen-bond donors (Lipinski definition) is 1. The number of fused-ring (bicyclic) bond motifs is 4. The molecule has 1 N–H and O–H groups in total. The van der Waals surface area contributed by atoms with E-state index < -0.39 is 12.0 Å². The lowest BCUT2D eigenvalue weighted by Crippen LogP contribution is -2.60. The fraction of sp³-hybridized carbons (Fsp3) is 0.667. The van der Waals surface area contributed by atoms with Crippen LogP contribution >= 0.6 is 0 Å². The molecule has 4 atom stereocenters. The van der Waals surface area contributed by atoms with Crippen LogP contribution in [-0.2, 0) is 16.6 Å². The number of rotatable bonds is 7. The van der Waals surface area contributed by atoms with E-state index in [-0.39, 0.29) is 17.8 Å². The maximum atomic E-state index is 11.6. The standard InChI is InChI=1S/C21H28N2O4/c1-13-19-9-15-5-6-16(27-2)10-17(15)21(13,11-18(22-26)20(24)25)7-8-23(19)12-14-3-4-14/h5-6,10,13-14,18-19H,3-4,7-9,11-12H2,1-2H3,(H,24,25). The number of aliphatic carboxylic acids is 1. The van der Waals surface area contributed by atoms with Crippen LogP contribution in [0.25, 0.3) is 0 Å². The van der Waals surface area contributed by atoms with Crippen molar-refractivity contribution in [2.24, 2.45) is 17.0 Å². The minimum atomic E-state index is -1.21. The van der Waals surface area contributed by atoms with Gasteiger partial charge in [-0.1, -0.05) is 18.2 Å². The second-order valence-corrected chi connectivity index (χ2v) is 8.59. The molecule has 6 nitrogen and oxygen atoms in total. The second kappa shape index (κ2) is 6.89. The predicted molar refractivity (Wildman–Crippen MR) is 102 cm³/mol. The maximum absolute atomic E-state index is 11.6. The number of likely N-dealkylation sites (tertiary alicyclic amines) is 1. The van der Waals surface area contributed by atoms with E-state index in [9.17, 15) is 14.8 Å². The number of carbonyl (C=O) groups is 1. The lowest BCUT2D eigenvalue weighted by molar-refractivity contribution is -0.139. The first-order valence-electron chi connectivity index (χ1n) is 9.95. The summed E-state index contributed by atoms with van der Waals surface area (Å²) in [6, 6.07) is 5.34. The van der Waals surface area contributed by atoms with Crippen molar-refractivity contribution in [1.82, 2.24) is 4.90 Å². The zero-order valence-corrected chi connectivity index (χ0v) is 16.1. The Morgan fingerprint density at radius 3 is 2.85 bits per heavy atom. The number of benzene rings is 1. The van der Waals surface area contributed by atoms with E-state index in [0.29, 0.717) is 6.04 Å². The van der Waals surface area contributed by atoms with Gasteiger partial charge in [-0.2, -0.15) is 0 Å². The van der Waals surface area contributed by atoms with Crippen LogP contribution in [0.5, 0.6) is 5.75 Å². The molecule has 1 saturated carbocycles. The molecule has 2 fully saturated rings. The van der Waals surface area contributed by atoms with E-state index in [2.05, 4.69) is 29.1 Å². The van der Waals surface area contributed by atoms with Gasteiger partial charge in [0.25, 0.3) is 0 Å². The van der Waals surface area contributed by atoms with Crippen molar-refractivity contribution in [2.45, 2.75) is 56.5 Å². The van der Waals surface area contributed by atoms with Gasteiger partial charge in [-0.15, -0.1) is 4.91 Å². The van der Waals surface area contributed by atoms with Gasteiger partial charge in [-0.3, -0.25) is 4.90 Å². The van der Waals surface area contributed by atoms with Crippen molar-refractivity contribution in [3.8, 4) is 5.75 Å². The molecule has 4 rings (SSSR count). The van der Waals surface area contributed by atoms with E-state index in [1.54, 1.807) is 7.11 Å². The van der Waals surface area contributed by atoms with Gasteiger partial charge in [-0.05, 0) is 73.7 Å². The van der Waals surface area contributed by atoms with Crippen molar-refractivity contribution in [1.29, 1.82) is 0 Å². The lowest BCUT2D eigenvalue weighted by Gasteiger charge is -2.56. The first kappa shape index (κ1) is 18.4. The molecule has 0 spiro atoms. The Balaban J connectivity index is 1.76. The quantitative estimate of drug-likeness (QED) is 0.744. The highest BCUT2D eigenvalue weighted by Gasteiger charge is 2.53. The summed E-state index contributed by atoms with van der Waals surface area (Å²) in [6.45, 7) is 4.33. The molecule has 4 unspecified atom stereocenters. The molecule has 1 saturated heterocycles. The Labute approximate surface area is 159 Å². The van der Waals surface area contributed by atoms with E-state index in [0.717, 1.165) is 43.2 Å². The molecule has 1 heterocycles. The summed E-state index contributed by atoms with van der Waals surface area (Å²) in [6.07, 6.45) is 4.75. The van der Waals surface area contributed by atoms with Crippen LogP contribution < -0.4 is 4.74 Å². The van der Waals surface area contributed by atoms with E-state index in [4.69, 9.17) is 4.74 Å². The minimum absolute atomic E-state index is 0.265. The summed E-state index contributed by atoms with van der Waals surface area (Å²) in [5.41, 5.74) is 2.07. The highest BCUT2D eigenvalue weighted by Crippen LogP contribution is 2.53. The monoisotopic (exact) mass is 372 g/mol. The molecule has 3 aliphatic rings. The van der Waals surface area contributed by atoms with Crippen LogP contribution in [0.4, 0.5) is 0 Å². The van der Waals surface area contributed by atoms with Crippen LogP contribution in [0.1, 0.15) is 43.7 Å². The SMILES string of the molecule is COc1ccc2c(c1)C1(CC(N=O)C(=O)O)CCN(CC3CC3)C(C2)C1C. The van der Waals surface area contributed by atoms with E-state index in [1.165, 1.54) is 18.4 Å². The lowest BCUT2D eigenvalue weighted by atomic mass is 9.55. The third-order valence-corrected chi connectivity index (χ3v) is 7.20. The molecule has 0 radical (unpaired) electrons. The average molecular weight is 372 g/mol. The molecule has 27 heavy (non-hydrogen) atoms. The third kappa shape index (κ3) is 3.14. The molecule has 0 aromatic heterocycles.